The van der Waals surface area contributed by atoms with Crippen LogP contribution in [0.1, 0.15) is 72.3 Å². The Kier molecular flexibility index (Phi) is 9.59. The van der Waals surface area contributed by atoms with Crippen molar-refractivity contribution in [3.63, 3.8) is 0 Å². The van der Waals surface area contributed by atoms with Crippen molar-refractivity contribution in [2.75, 3.05) is 40.8 Å². The summed E-state index contributed by atoms with van der Waals surface area (Å²) in [6.45, 7) is 1.71. The van der Waals surface area contributed by atoms with Gasteiger partial charge in [0.05, 0.1) is 24.9 Å². The third kappa shape index (κ3) is 6.76. The lowest BCUT2D eigenvalue weighted by atomic mass is 9.81. The quantitative estimate of drug-likeness (QED) is 0.294. The number of ether oxygens (including phenoxy) is 1. The van der Waals surface area contributed by atoms with E-state index in [1.54, 1.807) is 19.2 Å². The Hall–Kier alpha value is -3.51. The lowest BCUT2D eigenvalue weighted by Crippen LogP contribution is -2.38. The maximum Gasteiger partial charge on any atom is 0.335 e. The Morgan fingerprint density at radius 3 is 2.48 bits per heavy atom. The number of carboxylic acids is 1. The molecule has 3 aromatic rings. The molecule has 0 radical (unpaired) electrons. The molecule has 1 saturated carbocycles. The molecular weight excluding hydrogens is 580 g/mol. The minimum atomic E-state index is -3.73. The molecule has 0 saturated heterocycles. The molecule has 2 heterocycles. The SMILES string of the molecule is COc1ccc2c(c1)C=C(C(=O)CCCN(C)CCN(C)S(N)(=O)=O)Cn1c-2c(C2CCCCC2)c2ccc(C(=O)O)cc21. The van der Waals surface area contributed by atoms with Gasteiger partial charge in [0.1, 0.15) is 5.75 Å². The number of aromatic carboxylic acids is 1. The fourth-order valence-electron chi connectivity index (χ4n) is 6.56. The van der Waals surface area contributed by atoms with E-state index in [-0.39, 0.29) is 17.9 Å². The van der Waals surface area contributed by atoms with E-state index in [9.17, 15) is 23.1 Å². The first-order valence-corrected chi connectivity index (χ1v) is 16.7. The predicted octanol–water partition coefficient (Wildman–Crippen LogP) is 4.88. The maximum absolute atomic E-state index is 13.8. The number of hydrogen-bond acceptors (Lipinski definition) is 6. The van der Waals surface area contributed by atoms with Crippen LogP contribution in [0.4, 0.5) is 0 Å². The number of hydrogen-bond donors (Lipinski definition) is 2. The molecule has 0 unspecified atom stereocenters. The Morgan fingerprint density at radius 1 is 1.05 bits per heavy atom. The normalized spacial score (nSPS) is 15.6. The first kappa shape index (κ1) is 31.9. The zero-order chi connectivity index (χ0) is 31.6. The zero-order valence-electron chi connectivity index (χ0n) is 25.7. The number of carbonyl (C=O) groups excluding carboxylic acids is 1. The van der Waals surface area contributed by atoms with E-state index in [0.29, 0.717) is 49.7 Å². The summed E-state index contributed by atoms with van der Waals surface area (Å²) in [5.41, 5.74) is 5.94. The van der Waals surface area contributed by atoms with Crippen molar-refractivity contribution in [1.29, 1.82) is 0 Å². The van der Waals surface area contributed by atoms with Crippen LogP contribution < -0.4 is 9.88 Å². The fraction of sp³-hybridized carbons (Fsp3) is 0.455. The topological polar surface area (TPSA) is 135 Å². The second-order valence-electron chi connectivity index (χ2n) is 12.0. The van der Waals surface area contributed by atoms with Crippen molar-refractivity contribution in [2.45, 2.75) is 57.4 Å². The summed E-state index contributed by atoms with van der Waals surface area (Å²) in [6, 6.07) is 11.3. The predicted molar refractivity (Wildman–Crippen MR) is 172 cm³/mol. The number of ketones is 1. The summed E-state index contributed by atoms with van der Waals surface area (Å²) in [5.74, 6) is 0.104. The van der Waals surface area contributed by atoms with Gasteiger partial charge < -0.3 is 19.3 Å². The van der Waals surface area contributed by atoms with Gasteiger partial charge in [-0.25, -0.2) is 9.93 Å². The summed E-state index contributed by atoms with van der Waals surface area (Å²) in [5, 5.41) is 16.1. The number of nitrogens with two attached hydrogens (primary N) is 1. The Morgan fingerprint density at radius 2 is 1.80 bits per heavy atom. The van der Waals surface area contributed by atoms with Crippen LogP contribution in [0, 0.1) is 0 Å². The summed E-state index contributed by atoms with van der Waals surface area (Å²) in [6.07, 6.45) is 8.60. The Labute approximate surface area is 259 Å². The third-order valence-electron chi connectivity index (χ3n) is 9.07. The summed E-state index contributed by atoms with van der Waals surface area (Å²) < 4.78 is 31.8. The molecule has 0 bridgehead atoms. The number of Topliss-reactive ketones (excluding diaryl/α,β-unsaturated/α-hetero) is 1. The Bertz CT molecular complexity index is 1700. The third-order valence-corrected chi connectivity index (χ3v) is 10.1. The number of carbonyl (C=O) groups is 2. The fourth-order valence-corrected chi connectivity index (χ4v) is 6.90. The first-order valence-electron chi connectivity index (χ1n) is 15.2. The number of allylic oxidation sites excluding steroid dienone is 1. The lowest BCUT2D eigenvalue weighted by molar-refractivity contribution is -0.115. The second-order valence-corrected chi connectivity index (χ2v) is 13.7. The largest absolute Gasteiger partial charge is 0.497 e. The van der Waals surface area contributed by atoms with Crippen LogP contribution in [0.25, 0.3) is 28.2 Å². The molecule has 3 N–H and O–H groups in total. The number of aromatic nitrogens is 1. The number of likely N-dealkylation sites (N-methyl/N-ethyl adjacent to an activating group) is 2. The van der Waals surface area contributed by atoms with Gasteiger partial charge in [-0.05, 0) is 86.3 Å². The molecule has 2 aromatic carbocycles. The molecule has 5 rings (SSSR count). The highest BCUT2D eigenvalue weighted by Crippen LogP contribution is 2.47. The number of nitrogens with zero attached hydrogens (tertiary/aromatic N) is 3. The molecule has 0 atom stereocenters. The van der Waals surface area contributed by atoms with Crippen molar-refractivity contribution in [3.05, 3.63) is 58.7 Å². The van der Waals surface area contributed by atoms with E-state index in [4.69, 9.17) is 9.88 Å². The van der Waals surface area contributed by atoms with Gasteiger partial charge in [-0.15, -0.1) is 0 Å². The van der Waals surface area contributed by atoms with Gasteiger partial charge in [-0.1, -0.05) is 25.3 Å². The molecule has 0 amide bonds. The van der Waals surface area contributed by atoms with Crippen molar-refractivity contribution >= 4 is 38.9 Å². The number of methoxy groups -OCH3 is 1. The van der Waals surface area contributed by atoms with E-state index >= 15 is 0 Å². The van der Waals surface area contributed by atoms with Crippen LogP contribution in [0.5, 0.6) is 5.75 Å². The highest BCUT2D eigenvalue weighted by Gasteiger charge is 2.30. The molecule has 1 fully saturated rings. The summed E-state index contributed by atoms with van der Waals surface area (Å²) >= 11 is 0. The average Bonchev–Trinajstić information content (AvgIpc) is 3.21. The molecule has 44 heavy (non-hydrogen) atoms. The van der Waals surface area contributed by atoms with E-state index < -0.39 is 16.2 Å². The molecule has 1 aliphatic heterocycles. The van der Waals surface area contributed by atoms with Gasteiger partial charge in [0.2, 0.25) is 0 Å². The molecule has 10 nitrogen and oxygen atoms in total. The molecule has 1 aliphatic carbocycles. The van der Waals surface area contributed by atoms with E-state index in [2.05, 4.69) is 10.6 Å². The van der Waals surface area contributed by atoms with E-state index in [1.165, 1.54) is 19.0 Å². The van der Waals surface area contributed by atoms with Crippen molar-refractivity contribution in [1.82, 2.24) is 13.8 Å². The highest BCUT2D eigenvalue weighted by molar-refractivity contribution is 7.86. The van der Waals surface area contributed by atoms with Crippen molar-refractivity contribution in [2.24, 2.45) is 5.14 Å². The van der Waals surface area contributed by atoms with Gasteiger partial charge in [0, 0.05) is 48.6 Å². The van der Waals surface area contributed by atoms with Gasteiger partial charge in [0.15, 0.2) is 5.78 Å². The average molecular weight is 623 g/mol. The zero-order valence-corrected chi connectivity index (χ0v) is 26.5. The maximum atomic E-state index is 13.8. The summed E-state index contributed by atoms with van der Waals surface area (Å²) in [7, 11) is 1.23. The van der Waals surface area contributed by atoms with Gasteiger partial charge in [0.25, 0.3) is 10.2 Å². The van der Waals surface area contributed by atoms with E-state index in [1.807, 2.05) is 36.2 Å². The minimum Gasteiger partial charge on any atom is -0.497 e. The van der Waals surface area contributed by atoms with E-state index in [0.717, 1.165) is 57.7 Å². The smallest absolute Gasteiger partial charge is 0.335 e. The molecular formula is C33H42N4O6S. The molecule has 2 aliphatic rings. The Balaban J connectivity index is 1.50. The highest BCUT2D eigenvalue weighted by atomic mass is 32.2. The molecule has 11 heteroatoms. The first-order chi connectivity index (χ1) is 21.0. The van der Waals surface area contributed by atoms with Crippen LogP contribution >= 0.6 is 0 Å². The van der Waals surface area contributed by atoms with Crippen LogP contribution in [-0.4, -0.2) is 79.9 Å². The van der Waals surface area contributed by atoms with Gasteiger partial charge in [-0.3, -0.25) is 4.79 Å². The molecule has 1 aromatic heterocycles. The van der Waals surface area contributed by atoms with Crippen molar-refractivity contribution < 1.29 is 27.9 Å². The standard InChI is InChI=1S/C33H42N4O6S/c1-35(16-17-36(2)44(34,41)42)15-7-10-30(38)25-18-24-19-26(43-3)12-14-27(24)32-31(22-8-5-4-6-9-22)28-13-11-23(33(39)40)20-29(28)37(32)21-25/h11-14,18-20,22H,4-10,15-17,21H2,1-3H3,(H,39,40)(H2,34,41,42). The minimum absolute atomic E-state index is 0.0251. The number of benzene rings is 2. The monoisotopic (exact) mass is 622 g/mol. The molecule has 0 spiro atoms. The van der Waals surface area contributed by atoms with Crippen LogP contribution in [-0.2, 0) is 21.5 Å². The number of rotatable bonds is 12. The van der Waals surface area contributed by atoms with Crippen LogP contribution in [0.15, 0.2) is 42.0 Å². The van der Waals surface area contributed by atoms with Gasteiger partial charge >= 0.3 is 5.97 Å². The van der Waals surface area contributed by atoms with Crippen LogP contribution in [0.3, 0.4) is 0 Å². The van der Waals surface area contributed by atoms with Crippen LogP contribution in [0.2, 0.25) is 0 Å². The second kappa shape index (κ2) is 13.2. The van der Waals surface area contributed by atoms with Gasteiger partial charge in [-0.2, -0.15) is 12.7 Å². The lowest BCUT2D eigenvalue weighted by Gasteiger charge is -2.24. The van der Waals surface area contributed by atoms with Crippen molar-refractivity contribution in [3.8, 4) is 17.0 Å². The molecule has 236 valence electrons. The number of fused-ring (bicyclic) bond motifs is 5. The number of carboxylic acid groups (broad SMARTS) is 1. The summed E-state index contributed by atoms with van der Waals surface area (Å²) in [4.78, 5) is 27.8.